The van der Waals surface area contributed by atoms with Crippen molar-refractivity contribution in [2.75, 3.05) is 4.90 Å². The van der Waals surface area contributed by atoms with E-state index in [0.717, 1.165) is 21.2 Å². The number of rotatable bonds is 1. The molecule has 0 N–H and O–H groups in total. The Morgan fingerprint density at radius 2 is 1.53 bits per heavy atom. The molecule has 3 rings (SSSR count). The van der Waals surface area contributed by atoms with Crippen molar-refractivity contribution in [1.82, 2.24) is 0 Å². The Morgan fingerprint density at radius 1 is 1.05 bits per heavy atom. The molecule has 1 unspecified atom stereocenters. The lowest BCUT2D eigenvalue weighted by Crippen LogP contribution is -2.33. The molecule has 96 valence electrons. The number of carbonyl (C=O) groups excluding carboxylic acids is 1. The minimum atomic E-state index is -0.552. The maximum Gasteiger partial charge on any atom is 0.249 e. The summed E-state index contributed by atoms with van der Waals surface area (Å²) in [5, 5.41) is -0.552. The van der Waals surface area contributed by atoms with Gasteiger partial charge >= 0.3 is 0 Å². The van der Waals surface area contributed by atoms with Crippen LogP contribution in [0.2, 0.25) is 0 Å². The van der Waals surface area contributed by atoms with E-state index in [1.54, 1.807) is 23.6 Å². The molecule has 1 aliphatic rings. The van der Waals surface area contributed by atoms with Gasteiger partial charge in [-0.05, 0) is 31.2 Å². The highest BCUT2D eigenvalue weighted by Crippen LogP contribution is 2.48. The largest absolute Gasteiger partial charge is 0.277 e. The van der Waals surface area contributed by atoms with E-state index in [1.807, 2.05) is 48.5 Å². The second kappa shape index (κ2) is 4.91. The number of anilines is 2. The standard InChI is InChI=1S/C15H12ClNOS/c1-10(16)15(18)17-11-6-2-4-8-13(11)19-14-9-5-3-7-12(14)17/h2-10H,1H3. The van der Waals surface area contributed by atoms with E-state index in [1.165, 1.54) is 0 Å². The molecule has 19 heavy (non-hydrogen) atoms. The highest BCUT2D eigenvalue weighted by molar-refractivity contribution is 7.99. The molecule has 0 spiro atoms. The van der Waals surface area contributed by atoms with Gasteiger partial charge in [-0.25, -0.2) is 0 Å². The smallest absolute Gasteiger partial charge is 0.249 e. The third-order valence-corrected chi connectivity index (χ3v) is 4.31. The fraction of sp³-hybridized carbons (Fsp3) is 0.133. The lowest BCUT2D eigenvalue weighted by atomic mass is 10.2. The Labute approximate surface area is 121 Å². The molecular formula is C15H12ClNOS. The molecule has 0 aromatic heterocycles. The third-order valence-electron chi connectivity index (χ3n) is 2.99. The molecule has 2 nitrogen and oxygen atoms in total. The third kappa shape index (κ3) is 2.13. The Bertz CT molecular complexity index is 596. The van der Waals surface area contributed by atoms with Crippen LogP contribution < -0.4 is 4.90 Å². The average Bonchev–Trinajstić information content (AvgIpc) is 2.43. The van der Waals surface area contributed by atoms with Crippen LogP contribution in [-0.2, 0) is 4.79 Å². The topological polar surface area (TPSA) is 20.3 Å². The van der Waals surface area contributed by atoms with Crippen molar-refractivity contribution in [3.05, 3.63) is 48.5 Å². The van der Waals surface area contributed by atoms with E-state index >= 15 is 0 Å². The van der Waals surface area contributed by atoms with Crippen LogP contribution in [0, 0.1) is 0 Å². The lowest BCUT2D eigenvalue weighted by molar-refractivity contribution is -0.117. The molecule has 2 aromatic carbocycles. The van der Waals surface area contributed by atoms with E-state index in [9.17, 15) is 4.79 Å². The van der Waals surface area contributed by atoms with Crippen LogP contribution in [0.5, 0.6) is 0 Å². The van der Waals surface area contributed by atoms with E-state index in [-0.39, 0.29) is 5.91 Å². The first-order chi connectivity index (χ1) is 9.18. The summed E-state index contributed by atoms with van der Waals surface area (Å²) in [5.41, 5.74) is 1.81. The van der Waals surface area contributed by atoms with Gasteiger partial charge in [0, 0.05) is 9.79 Å². The quantitative estimate of drug-likeness (QED) is 0.723. The number of alkyl halides is 1. The zero-order chi connectivity index (χ0) is 13.4. The molecule has 1 atom stereocenters. The Hall–Kier alpha value is -1.45. The van der Waals surface area contributed by atoms with Crippen molar-refractivity contribution in [3.8, 4) is 0 Å². The van der Waals surface area contributed by atoms with Gasteiger partial charge in [-0.3, -0.25) is 9.69 Å². The zero-order valence-corrected chi connectivity index (χ0v) is 11.9. The van der Waals surface area contributed by atoms with Gasteiger partial charge in [0.2, 0.25) is 5.91 Å². The predicted octanol–water partition coefficient (Wildman–Crippen LogP) is 4.44. The van der Waals surface area contributed by atoms with E-state index in [2.05, 4.69) is 0 Å². The van der Waals surface area contributed by atoms with Crippen LogP contribution in [-0.4, -0.2) is 11.3 Å². The first-order valence-electron chi connectivity index (χ1n) is 6.02. The molecular weight excluding hydrogens is 278 g/mol. The van der Waals surface area contributed by atoms with Gasteiger partial charge in [-0.15, -0.1) is 11.6 Å². The number of carbonyl (C=O) groups is 1. The van der Waals surface area contributed by atoms with Crippen LogP contribution in [0.4, 0.5) is 11.4 Å². The maximum atomic E-state index is 12.4. The van der Waals surface area contributed by atoms with Gasteiger partial charge in [0.15, 0.2) is 0 Å². The molecule has 2 aromatic rings. The summed E-state index contributed by atoms with van der Waals surface area (Å²) >= 11 is 7.67. The van der Waals surface area contributed by atoms with Crippen molar-refractivity contribution in [1.29, 1.82) is 0 Å². The molecule has 1 aliphatic heterocycles. The summed E-state index contributed by atoms with van der Waals surface area (Å²) < 4.78 is 0. The summed E-state index contributed by atoms with van der Waals surface area (Å²) in [6.45, 7) is 1.71. The molecule has 4 heteroatoms. The second-order valence-electron chi connectivity index (χ2n) is 4.33. The summed E-state index contributed by atoms with van der Waals surface area (Å²) in [7, 11) is 0. The van der Waals surface area contributed by atoms with Crippen LogP contribution in [0.1, 0.15) is 6.92 Å². The number of amides is 1. The average molecular weight is 290 g/mol. The molecule has 1 heterocycles. The van der Waals surface area contributed by atoms with Crippen molar-refractivity contribution in [2.24, 2.45) is 0 Å². The van der Waals surface area contributed by atoms with Crippen molar-refractivity contribution >= 4 is 40.6 Å². The van der Waals surface area contributed by atoms with Gasteiger partial charge in [0.1, 0.15) is 5.38 Å². The van der Waals surface area contributed by atoms with Crippen molar-refractivity contribution in [2.45, 2.75) is 22.1 Å². The van der Waals surface area contributed by atoms with Crippen LogP contribution in [0.25, 0.3) is 0 Å². The van der Waals surface area contributed by atoms with Gasteiger partial charge in [-0.2, -0.15) is 0 Å². The first kappa shape index (κ1) is 12.6. The normalized spacial score (nSPS) is 14.5. The maximum absolute atomic E-state index is 12.4. The summed E-state index contributed by atoms with van der Waals surface area (Å²) in [5.74, 6) is -0.0955. The van der Waals surface area contributed by atoms with Crippen LogP contribution >= 0.6 is 23.4 Å². The van der Waals surface area contributed by atoms with E-state index < -0.39 is 5.38 Å². The molecule has 0 fully saturated rings. The molecule has 0 bridgehead atoms. The number of para-hydroxylation sites is 2. The summed E-state index contributed by atoms with van der Waals surface area (Å²) in [4.78, 5) is 16.3. The zero-order valence-electron chi connectivity index (χ0n) is 10.3. The Kier molecular flexibility index (Phi) is 3.25. The number of halogens is 1. The monoisotopic (exact) mass is 289 g/mol. The number of hydrogen-bond donors (Lipinski definition) is 0. The highest BCUT2D eigenvalue weighted by Gasteiger charge is 2.29. The molecule has 0 radical (unpaired) electrons. The number of hydrogen-bond acceptors (Lipinski definition) is 2. The molecule has 0 aliphatic carbocycles. The van der Waals surface area contributed by atoms with Crippen molar-refractivity contribution < 1.29 is 4.79 Å². The second-order valence-corrected chi connectivity index (χ2v) is 6.07. The van der Waals surface area contributed by atoms with Crippen LogP contribution in [0.15, 0.2) is 58.3 Å². The Balaban J connectivity index is 2.19. The first-order valence-corrected chi connectivity index (χ1v) is 7.28. The summed E-state index contributed by atoms with van der Waals surface area (Å²) in [6, 6.07) is 15.8. The number of nitrogens with zero attached hydrogens (tertiary/aromatic N) is 1. The van der Waals surface area contributed by atoms with Gasteiger partial charge in [0.25, 0.3) is 0 Å². The van der Waals surface area contributed by atoms with Crippen molar-refractivity contribution in [3.63, 3.8) is 0 Å². The summed E-state index contributed by atoms with van der Waals surface area (Å²) in [6.07, 6.45) is 0. The van der Waals surface area contributed by atoms with Crippen LogP contribution in [0.3, 0.4) is 0 Å². The number of benzene rings is 2. The minimum Gasteiger partial charge on any atom is -0.277 e. The molecule has 0 saturated heterocycles. The van der Waals surface area contributed by atoms with Gasteiger partial charge < -0.3 is 0 Å². The fourth-order valence-corrected chi connectivity index (χ4v) is 3.28. The van der Waals surface area contributed by atoms with E-state index in [0.29, 0.717) is 0 Å². The lowest BCUT2D eigenvalue weighted by Gasteiger charge is -2.31. The predicted molar refractivity (Wildman–Crippen MR) is 79.5 cm³/mol. The minimum absolute atomic E-state index is 0.0955. The van der Waals surface area contributed by atoms with E-state index in [4.69, 9.17) is 11.6 Å². The fourth-order valence-electron chi connectivity index (χ4n) is 2.12. The Morgan fingerprint density at radius 3 is 2.00 bits per heavy atom. The van der Waals surface area contributed by atoms with Gasteiger partial charge in [-0.1, -0.05) is 36.0 Å². The molecule has 1 amide bonds. The number of fused-ring (bicyclic) bond motifs is 2. The molecule has 0 saturated carbocycles. The highest BCUT2D eigenvalue weighted by atomic mass is 35.5. The SMILES string of the molecule is CC(Cl)C(=O)N1c2ccccc2Sc2ccccc21. The van der Waals surface area contributed by atoms with Gasteiger partial charge in [0.05, 0.1) is 11.4 Å².